The van der Waals surface area contributed by atoms with Gasteiger partial charge in [-0.05, 0) is 30.9 Å². The number of benzene rings is 1. The maximum atomic E-state index is 12.7. The number of carbonyl (C=O) groups excluding carboxylic acids is 1. The van der Waals surface area contributed by atoms with Crippen LogP contribution in [0.5, 0.6) is 0 Å². The van der Waals surface area contributed by atoms with Crippen LogP contribution in [-0.4, -0.2) is 43.8 Å². The molecule has 0 saturated carbocycles. The molecule has 7 heteroatoms. The van der Waals surface area contributed by atoms with Gasteiger partial charge in [-0.15, -0.1) is 0 Å². The maximum Gasteiger partial charge on any atom is 0.321 e. The molecule has 3 aromatic rings. The Labute approximate surface area is 145 Å². The van der Waals surface area contributed by atoms with Crippen LogP contribution in [0.1, 0.15) is 12.8 Å². The Morgan fingerprint density at radius 1 is 1.28 bits per heavy atom. The number of hydrogen-bond acceptors (Lipinski definition) is 4. The fourth-order valence-corrected chi connectivity index (χ4v) is 3.42. The van der Waals surface area contributed by atoms with Crippen molar-refractivity contribution in [3.8, 4) is 0 Å². The second-order valence-electron chi connectivity index (χ2n) is 6.40. The molecular weight excluding hydrogens is 316 g/mol. The topological polar surface area (TPSA) is 75.9 Å². The fourth-order valence-electron chi connectivity index (χ4n) is 3.42. The number of aromatic nitrogens is 4. The van der Waals surface area contributed by atoms with Crippen molar-refractivity contribution in [2.24, 2.45) is 5.92 Å². The van der Waals surface area contributed by atoms with E-state index in [0.717, 1.165) is 48.9 Å². The predicted octanol–water partition coefficient (Wildman–Crippen LogP) is 2.77. The van der Waals surface area contributed by atoms with Gasteiger partial charge in [0.1, 0.15) is 12.7 Å². The number of urea groups is 1. The minimum atomic E-state index is -0.0485. The molecule has 25 heavy (non-hydrogen) atoms. The summed E-state index contributed by atoms with van der Waals surface area (Å²) in [4.78, 5) is 22.7. The van der Waals surface area contributed by atoms with Crippen molar-refractivity contribution >= 4 is 22.5 Å². The molecule has 1 atom stereocenters. The van der Waals surface area contributed by atoms with Crippen LogP contribution in [0.25, 0.3) is 10.8 Å². The van der Waals surface area contributed by atoms with Gasteiger partial charge in [0, 0.05) is 42.8 Å². The quantitative estimate of drug-likeness (QED) is 0.798. The van der Waals surface area contributed by atoms with E-state index in [-0.39, 0.29) is 6.03 Å². The number of likely N-dealkylation sites (tertiary alicyclic amines) is 1. The third-order valence-corrected chi connectivity index (χ3v) is 4.64. The van der Waals surface area contributed by atoms with Crippen LogP contribution >= 0.6 is 0 Å². The summed E-state index contributed by atoms with van der Waals surface area (Å²) >= 11 is 0. The maximum absolute atomic E-state index is 12.7. The third-order valence-electron chi connectivity index (χ3n) is 4.64. The van der Waals surface area contributed by atoms with Crippen LogP contribution in [-0.2, 0) is 6.54 Å². The van der Waals surface area contributed by atoms with Gasteiger partial charge in [-0.1, -0.05) is 12.1 Å². The molecule has 1 aliphatic rings. The minimum absolute atomic E-state index is 0.0485. The van der Waals surface area contributed by atoms with Gasteiger partial charge in [-0.3, -0.25) is 9.67 Å². The van der Waals surface area contributed by atoms with Gasteiger partial charge < -0.3 is 10.2 Å². The zero-order valence-electron chi connectivity index (χ0n) is 13.9. The Morgan fingerprint density at radius 2 is 2.24 bits per heavy atom. The first-order valence-electron chi connectivity index (χ1n) is 8.51. The van der Waals surface area contributed by atoms with Gasteiger partial charge >= 0.3 is 6.03 Å². The minimum Gasteiger partial charge on any atom is -0.324 e. The van der Waals surface area contributed by atoms with Crippen LogP contribution in [0.2, 0.25) is 0 Å². The van der Waals surface area contributed by atoms with E-state index in [0.29, 0.717) is 5.92 Å². The highest BCUT2D eigenvalue weighted by molar-refractivity contribution is 6.01. The molecule has 7 nitrogen and oxygen atoms in total. The zero-order valence-corrected chi connectivity index (χ0v) is 13.9. The molecule has 1 aromatic carbocycles. The van der Waals surface area contributed by atoms with Gasteiger partial charge in [0.05, 0.1) is 5.69 Å². The first kappa shape index (κ1) is 15.6. The molecule has 128 valence electrons. The highest BCUT2D eigenvalue weighted by atomic mass is 16.2. The Morgan fingerprint density at radius 3 is 3.12 bits per heavy atom. The number of nitrogens with one attached hydrogen (secondary N) is 1. The lowest BCUT2D eigenvalue weighted by Crippen LogP contribution is -2.43. The summed E-state index contributed by atoms with van der Waals surface area (Å²) in [5, 5.41) is 9.24. The summed E-state index contributed by atoms with van der Waals surface area (Å²) in [6.07, 6.45) is 8.93. The van der Waals surface area contributed by atoms with Crippen molar-refractivity contribution in [2.45, 2.75) is 19.4 Å². The molecule has 0 spiro atoms. The molecule has 4 rings (SSSR count). The molecule has 3 heterocycles. The van der Waals surface area contributed by atoms with Gasteiger partial charge in [0.15, 0.2) is 0 Å². The molecule has 1 N–H and O–H groups in total. The summed E-state index contributed by atoms with van der Waals surface area (Å²) in [6, 6.07) is 7.73. The number of carbonyl (C=O) groups is 1. The highest BCUT2D eigenvalue weighted by Gasteiger charge is 2.24. The molecule has 0 bridgehead atoms. The number of fused-ring (bicyclic) bond motifs is 1. The Kier molecular flexibility index (Phi) is 4.28. The second kappa shape index (κ2) is 6.88. The number of hydrogen-bond donors (Lipinski definition) is 1. The molecule has 0 aliphatic carbocycles. The summed E-state index contributed by atoms with van der Waals surface area (Å²) in [6.45, 7) is 2.31. The van der Waals surface area contributed by atoms with Gasteiger partial charge in [-0.2, -0.15) is 5.10 Å². The van der Waals surface area contributed by atoms with E-state index in [1.54, 1.807) is 25.0 Å². The molecule has 1 fully saturated rings. The summed E-state index contributed by atoms with van der Waals surface area (Å²) in [7, 11) is 0. The molecule has 0 radical (unpaired) electrons. The smallest absolute Gasteiger partial charge is 0.321 e. The van der Waals surface area contributed by atoms with Crippen molar-refractivity contribution < 1.29 is 4.79 Å². The van der Waals surface area contributed by atoms with Crippen molar-refractivity contribution in [1.29, 1.82) is 0 Å². The number of amides is 2. The zero-order chi connectivity index (χ0) is 17.1. The summed E-state index contributed by atoms with van der Waals surface area (Å²) in [5.41, 5.74) is 0.822. The van der Waals surface area contributed by atoms with E-state index in [1.807, 2.05) is 33.8 Å². The van der Waals surface area contributed by atoms with Crippen LogP contribution in [0.4, 0.5) is 10.5 Å². The van der Waals surface area contributed by atoms with E-state index < -0.39 is 0 Å². The SMILES string of the molecule is O=C(Nc1cccc2cnccc12)N1CCC[C@@H](Cn2cncn2)C1. The number of nitrogens with zero attached hydrogens (tertiary/aromatic N) is 5. The largest absolute Gasteiger partial charge is 0.324 e. The van der Waals surface area contributed by atoms with E-state index in [2.05, 4.69) is 20.4 Å². The number of piperidine rings is 1. The van der Waals surface area contributed by atoms with Crippen LogP contribution in [0, 0.1) is 5.92 Å². The highest BCUT2D eigenvalue weighted by Crippen LogP contribution is 2.24. The number of pyridine rings is 1. The molecular formula is C18H20N6O. The van der Waals surface area contributed by atoms with Crippen LogP contribution < -0.4 is 5.32 Å². The standard InChI is InChI=1S/C18H20N6O/c25-18(22-17-5-1-4-15-9-19-7-6-16(15)17)23-8-2-3-14(10-23)11-24-13-20-12-21-24/h1,4-7,9,12-14H,2-3,8,10-11H2,(H,22,25)/t14-/m1/s1. The second-order valence-corrected chi connectivity index (χ2v) is 6.40. The summed E-state index contributed by atoms with van der Waals surface area (Å²) in [5.74, 6) is 0.401. The third kappa shape index (κ3) is 3.45. The molecule has 2 aromatic heterocycles. The van der Waals surface area contributed by atoms with E-state index in [9.17, 15) is 4.79 Å². The van der Waals surface area contributed by atoms with E-state index in [1.165, 1.54) is 0 Å². The van der Waals surface area contributed by atoms with Gasteiger partial charge in [0.25, 0.3) is 0 Å². The normalized spacial score (nSPS) is 17.6. The Bertz CT molecular complexity index is 858. The van der Waals surface area contributed by atoms with Gasteiger partial charge in [0.2, 0.25) is 0 Å². The molecule has 0 unspecified atom stereocenters. The Balaban J connectivity index is 1.45. The average molecular weight is 336 g/mol. The van der Waals surface area contributed by atoms with Crippen LogP contribution in [0.15, 0.2) is 49.3 Å². The Hall–Kier alpha value is -2.96. The first-order valence-corrected chi connectivity index (χ1v) is 8.51. The average Bonchev–Trinajstić information content (AvgIpc) is 3.15. The predicted molar refractivity (Wildman–Crippen MR) is 95.1 cm³/mol. The van der Waals surface area contributed by atoms with Crippen molar-refractivity contribution in [3.63, 3.8) is 0 Å². The fraction of sp³-hybridized carbons (Fsp3) is 0.333. The number of rotatable bonds is 3. The monoisotopic (exact) mass is 336 g/mol. The lowest BCUT2D eigenvalue weighted by molar-refractivity contribution is 0.168. The van der Waals surface area contributed by atoms with Gasteiger partial charge in [-0.25, -0.2) is 9.78 Å². The molecule has 2 amide bonds. The summed E-state index contributed by atoms with van der Waals surface area (Å²) < 4.78 is 1.84. The van der Waals surface area contributed by atoms with Crippen LogP contribution in [0.3, 0.4) is 0 Å². The lowest BCUT2D eigenvalue weighted by atomic mass is 9.98. The molecule has 1 saturated heterocycles. The van der Waals surface area contributed by atoms with Crippen molar-refractivity contribution in [3.05, 3.63) is 49.3 Å². The van der Waals surface area contributed by atoms with E-state index >= 15 is 0 Å². The van der Waals surface area contributed by atoms with E-state index in [4.69, 9.17) is 0 Å². The molecule has 1 aliphatic heterocycles. The first-order chi connectivity index (χ1) is 12.3. The number of anilines is 1. The van der Waals surface area contributed by atoms with Crippen molar-refractivity contribution in [2.75, 3.05) is 18.4 Å². The lowest BCUT2D eigenvalue weighted by Gasteiger charge is -2.32. The van der Waals surface area contributed by atoms with Crippen molar-refractivity contribution in [1.82, 2.24) is 24.6 Å².